The molecule has 0 amide bonds. The van der Waals surface area contributed by atoms with E-state index < -0.39 is 5.79 Å². The fourth-order valence-corrected chi connectivity index (χ4v) is 2.99. The highest BCUT2D eigenvalue weighted by Gasteiger charge is 2.49. The molecule has 1 aromatic carbocycles. The molecule has 98 valence electrons. The number of aliphatic hydroxyl groups excluding tert-OH is 1. The molecule has 18 heavy (non-hydrogen) atoms. The molecular formula is C14H19NO3. The molecule has 2 atom stereocenters. The third-order valence-corrected chi connectivity index (χ3v) is 3.89. The van der Waals surface area contributed by atoms with Gasteiger partial charge in [0.05, 0.1) is 6.61 Å². The Morgan fingerprint density at radius 3 is 2.61 bits per heavy atom. The first-order valence-corrected chi connectivity index (χ1v) is 6.55. The predicted molar refractivity (Wildman–Crippen MR) is 67.8 cm³/mol. The molecule has 4 nitrogen and oxygen atoms in total. The summed E-state index contributed by atoms with van der Waals surface area (Å²) < 4.78 is 12.1. The summed E-state index contributed by atoms with van der Waals surface area (Å²) in [7, 11) is 0. The second kappa shape index (κ2) is 4.53. The number of anilines is 1. The molecule has 2 unspecified atom stereocenters. The van der Waals surface area contributed by atoms with Gasteiger partial charge in [0, 0.05) is 24.1 Å². The van der Waals surface area contributed by atoms with Crippen LogP contribution in [0.4, 0.5) is 5.69 Å². The maximum absolute atomic E-state index is 9.49. The zero-order chi connectivity index (χ0) is 12.6. The van der Waals surface area contributed by atoms with Crippen LogP contribution in [-0.4, -0.2) is 23.6 Å². The lowest BCUT2D eigenvalue weighted by Crippen LogP contribution is -2.27. The lowest BCUT2D eigenvalue weighted by Gasteiger charge is -2.22. The SMILES string of the molecule is Nc1ccccc1C1OC2(CCCC2)OC1CO. The van der Waals surface area contributed by atoms with Crippen LogP contribution in [0.25, 0.3) is 0 Å². The maximum Gasteiger partial charge on any atom is 0.169 e. The van der Waals surface area contributed by atoms with Gasteiger partial charge in [-0.1, -0.05) is 18.2 Å². The van der Waals surface area contributed by atoms with Crippen molar-refractivity contribution in [3.8, 4) is 0 Å². The molecule has 1 aromatic rings. The molecular weight excluding hydrogens is 230 g/mol. The molecule has 3 N–H and O–H groups in total. The van der Waals surface area contributed by atoms with Crippen LogP contribution in [0.15, 0.2) is 24.3 Å². The Morgan fingerprint density at radius 2 is 1.94 bits per heavy atom. The van der Waals surface area contributed by atoms with E-state index >= 15 is 0 Å². The Hall–Kier alpha value is -1.10. The average molecular weight is 249 g/mol. The topological polar surface area (TPSA) is 64.7 Å². The first-order chi connectivity index (χ1) is 8.74. The molecule has 2 fully saturated rings. The van der Waals surface area contributed by atoms with Gasteiger partial charge in [-0.2, -0.15) is 0 Å². The third-order valence-electron chi connectivity index (χ3n) is 3.89. The number of aliphatic hydroxyl groups is 1. The van der Waals surface area contributed by atoms with E-state index in [0.29, 0.717) is 5.69 Å². The van der Waals surface area contributed by atoms with Crippen molar-refractivity contribution >= 4 is 5.69 Å². The van der Waals surface area contributed by atoms with E-state index in [1.165, 1.54) is 0 Å². The van der Waals surface area contributed by atoms with Crippen molar-refractivity contribution in [3.63, 3.8) is 0 Å². The minimum absolute atomic E-state index is 0.0409. The van der Waals surface area contributed by atoms with Crippen molar-refractivity contribution < 1.29 is 14.6 Å². The normalized spacial score (nSPS) is 30.1. The smallest absolute Gasteiger partial charge is 0.169 e. The third kappa shape index (κ3) is 1.90. The van der Waals surface area contributed by atoms with Crippen molar-refractivity contribution in [3.05, 3.63) is 29.8 Å². The lowest BCUT2D eigenvalue weighted by atomic mass is 10.0. The molecule has 1 heterocycles. The zero-order valence-corrected chi connectivity index (χ0v) is 10.3. The van der Waals surface area contributed by atoms with Crippen molar-refractivity contribution in [1.29, 1.82) is 0 Å². The predicted octanol–water partition coefficient (Wildman–Crippen LogP) is 1.99. The molecule has 3 rings (SSSR count). The van der Waals surface area contributed by atoms with Gasteiger partial charge in [-0.15, -0.1) is 0 Å². The largest absolute Gasteiger partial charge is 0.398 e. The summed E-state index contributed by atoms with van der Waals surface area (Å²) in [6.45, 7) is -0.0409. The number of ether oxygens (including phenoxy) is 2. The molecule has 0 aromatic heterocycles. The fourth-order valence-electron chi connectivity index (χ4n) is 2.99. The molecule has 4 heteroatoms. The summed E-state index contributed by atoms with van der Waals surface area (Å²) in [5, 5.41) is 9.49. The highest BCUT2D eigenvalue weighted by atomic mass is 16.8. The maximum atomic E-state index is 9.49. The Kier molecular flexibility index (Phi) is 3.01. The van der Waals surface area contributed by atoms with Crippen LogP contribution >= 0.6 is 0 Å². The quantitative estimate of drug-likeness (QED) is 0.787. The van der Waals surface area contributed by atoms with E-state index in [1.807, 2.05) is 24.3 Å². The summed E-state index contributed by atoms with van der Waals surface area (Å²) in [5.74, 6) is -0.486. The molecule has 1 spiro atoms. The monoisotopic (exact) mass is 249 g/mol. The van der Waals surface area contributed by atoms with E-state index in [9.17, 15) is 5.11 Å². The molecule has 2 aliphatic rings. The summed E-state index contributed by atoms with van der Waals surface area (Å²) in [6, 6.07) is 7.63. The van der Waals surface area contributed by atoms with Crippen molar-refractivity contribution in [2.24, 2.45) is 0 Å². The molecule has 0 radical (unpaired) electrons. The minimum atomic E-state index is -0.486. The van der Waals surface area contributed by atoms with Crippen LogP contribution in [0.3, 0.4) is 0 Å². The van der Waals surface area contributed by atoms with Crippen molar-refractivity contribution in [1.82, 2.24) is 0 Å². The van der Waals surface area contributed by atoms with Crippen LogP contribution in [-0.2, 0) is 9.47 Å². The lowest BCUT2D eigenvalue weighted by molar-refractivity contribution is -0.172. The van der Waals surface area contributed by atoms with E-state index in [0.717, 1.165) is 31.2 Å². The molecule has 1 saturated heterocycles. The summed E-state index contributed by atoms with van der Waals surface area (Å²) in [6.07, 6.45) is 3.49. The van der Waals surface area contributed by atoms with Gasteiger partial charge in [0.2, 0.25) is 0 Å². The molecule has 1 saturated carbocycles. The fraction of sp³-hybridized carbons (Fsp3) is 0.571. The van der Waals surface area contributed by atoms with Gasteiger partial charge >= 0.3 is 0 Å². The summed E-state index contributed by atoms with van der Waals surface area (Å²) in [5.41, 5.74) is 7.60. The van der Waals surface area contributed by atoms with Gasteiger partial charge in [0.15, 0.2) is 5.79 Å². The number of hydrogen-bond donors (Lipinski definition) is 2. The van der Waals surface area contributed by atoms with Crippen LogP contribution in [0.2, 0.25) is 0 Å². The minimum Gasteiger partial charge on any atom is -0.398 e. The Morgan fingerprint density at radius 1 is 1.22 bits per heavy atom. The summed E-state index contributed by atoms with van der Waals surface area (Å²) >= 11 is 0. The molecule has 1 aliphatic heterocycles. The Bertz CT molecular complexity index is 429. The van der Waals surface area contributed by atoms with Gasteiger partial charge in [0.25, 0.3) is 0 Å². The Balaban J connectivity index is 1.89. The van der Waals surface area contributed by atoms with Gasteiger partial charge in [0.1, 0.15) is 12.2 Å². The van der Waals surface area contributed by atoms with Crippen LogP contribution in [0, 0.1) is 0 Å². The van der Waals surface area contributed by atoms with E-state index in [2.05, 4.69) is 0 Å². The van der Waals surface area contributed by atoms with Gasteiger partial charge < -0.3 is 20.3 Å². The van der Waals surface area contributed by atoms with E-state index in [1.54, 1.807) is 0 Å². The van der Waals surface area contributed by atoms with Gasteiger partial charge in [-0.3, -0.25) is 0 Å². The number of para-hydroxylation sites is 1. The number of rotatable bonds is 2. The standard InChI is InChI=1S/C14H19NO3/c15-11-6-2-1-5-10(11)13-12(9-16)17-14(18-13)7-3-4-8-14/h1-2,5-6,12-13,16H,3-4,7-9,15H2. The van der Waals surface area contributed by atoms with Crippen LogP contribution in [0.1, 0.15) is 37.4 Å². The average Bonchev–Trinajstić information content (AvgIpc) is 2.98. The van der Waals surface area contributed by atoms with Gasteiger partial charge in [-0.25, -0.2) is 0 Å². The molecule has 1 aliphatic carbocycles. The van der Waals surface area contributed by atoms with Crippen LogP contribution in [0.5, 0.6) is 0 Å². The Labute approximate surface area is 107 Å². The second-order valence-electron chi connectivity index (χ2n) is 5.12. The van der Waals surface area contributed by atoms with Crippen molar-refractivity contribution in [2.45, 2.75) is 43.7 Å². The van der Waals surface area contributed by atoms with Crippen molar-refractivity contribution in [2.75, 3.05) is 12.3 Å². The van der Waals surface area contributed by atoms with Crippen LogP contribution < -0.4 is 5.73 Å². The number of nitrogen functional groups attached to an aromatic ring is 1. The van der Waals surface area contributed by atoms with E-state index in [-0.39, 0.29) is 18.8 Å². The summed E-state index contributed by atoms with van der Waals surface area (Å²) in [4.78, 5) is 0. The first-order valence-electron chi connectivity index (χ1n) is 6.55. The number of benzene rings is 1. The number of nitrogens with two attached hydrogens (primary N) is 1. The van der Waals surface area contributed by atoms with Gasteiger partial charge in [-0.05, 0) is 18.9 Å². The van der Waals surface area contributed by atoms with E-state index in [4.69, 9.17) is 15.2 Å². The molecule has 0 bridgehead atoms. The highest BCUT2D eigenvalue weighted by molar-refractivity contribution is 5.48. The highest BCUT2D eigenvalue weighted by Crippen LogP contribution is 2.47. The number of hydrogen-bond acceptors (Lipinski definition) is 4. The first kappa shape index (κ1) is 12.0. The zero-order valence-electron chi connectivity index (χ0n) is 10.3. The second-order valence-corrected chi connectivity index (χ2v) is 5.12.